The normalized spacial score (nSPS) is 23.2. The highest BCUT2D eigenvalue weighted by Gasteiger charge is 2.29. The molecule has 1 aliphatic heterocycles. The Balaban J connectivity index is 1.81. The molecule has 1 aromatic heterocycles. The Labute approximate surface area is 115 Å². The summed E-state index contributed by atoms with van der Waals surface area (Å²) in [6.07, 6.45) is 3.21. The number of aliphatic carboxylic acids is 1. The molecule has 0 amide bonds. The van der Waals surface area contributed by atoms with Crippen LogP contribution in [0, 0.1) is 0 Å². The van der Waals surface area contributed by atoms with Crippen LogP contribution >= 0.6 is 23.1 Å². The van der Waals surface area contributed by atoms with Gasteiger partial charge in [0.15, 0.2) is 5.13 Å². The fourth-order valence-corrected chi connectivity index (χ4v) is 3.96. The van der Waals surface area contributed by atoms with Crippen molar-refractivity contribution >= 4 is 34.2 Å². The second-order valence-corrected chi connectivity index (χ2v) is 7.33. The van der Waals surface area contributed by atoms with E-state index in [9.17, 15) is 4.79 Å². The zero-order valence-corrected chi connectivity index (χ0v) is 12.1. The fraction of sp³-hybridized carbons (Fsp3) is 0.667. The van der Waals surface area contributed by atoms with E-state index in [4.69, 9.17) is 5.11 Å². The minimum Gasteiger partial charge on any atom is -0.481 e. The van der Waals surface area contributed by atoms with Gasteiger partial charge < -0.3 is 10.4 Å². The quantitative estimate of drug-likeness (QED) is 0.842. The van der Waals surface area contributed by atoms with E-state index in [1.165, 1.54) is 18.6 Å². The molecule has 18 heavy (non-hydrogen) atoms. The van der Waals surface area contributed by atoms with E-state index in [-0.39, 0.29) is 6.42 Å². The minimum absolute atomic E-state index is 0.150. The average molecular weight is 286 g/mol. The van der Waals surface area contributed by atoms with Crippen LogP contribution in [0.15, 0.2) is 5.38 Å². The molecule has 1 aromatic rings. The van der Waals surface area contributed by atoms with Crippen LogP contribution in [0.4, 0.5) is 5.13 Å². The van der Waals surface area contributed by atoms with Crippen LogP contribution in [-0.4, -0.2) is 33.1 Å². The van der Waals surface area contributed by atoms with Gasteiger partial charge in [-0.15, -0.1) is 11.3 Å². The van der Waals surface area contributed by atoms with Gasteiger partial charge in [0.25, 0.3) is 0 Å². The van der Waals surface area contributed by atoms with Crippen LogP contribution in [0.5, 0.6) is 0 Å². The van der Waals surface area contributed by atoms with Gasteiger partial charge in [-0.3, -0.25) is 4.79 Å². The average Bonchev–Trinajstić information content (AvgIpc) is 2.93. The topological polar surface area (TPSA) is 62.2 Å². The highest BCUT2D eigenvalue weighted by Crippen LogP contribution is 2.37. The zero-order chi connectivity index (χ0) is 13.0. The predicted octanol–water partition coefficient (Wildman–Crippen LogP) is 2.86. The Kier molecular flexibility index (Phi) is 4.50. The summed E-state index contributed by atoms with van der Waals surface area (Å²) in [5.41, 5.74) is 0.870. The number of thiazole rings is 1. The van der Waals surface area contributed by atoms with Crippen molar-refractivity contribution in [1.82, 2.24) is 4.98 Å². The SMILES string of the molecule is CC1(CNc2nc(CCC(=O)O)cs2)CCCS1. The number of aryl methyl sites for hydroxylation is 1. The van der Waals surface area contributed by atoms with Gasteiger partial charge >= 0.3 is 5.97 Å². The second-order valence-electron chi connectivity index (χ2n) is 4.79. The Bertz CT molecular complexity index is 414. The Morgan fingerprint density at radius 1 is 1.67 bits per heavy atom. The molecule has 1 fully saturated rings. The lowest BCUT2D eigenvalue weighted by Gasteiger charge is -2.22. The highest BCUT2D eigenvalue weighted by molar-refractivity contribution is 8.00. The molecule has 0 bridgehead atoms. The maximum atomic E-state index is 10.5. The number of carboxylic acids is 1. The van der Waals surface area contributed by atoms with Crippen LogP contribution in [0.3, 0.4) is 0 Å². The largest absolute Gasteiger partial charge is 0.481 e. The number of hydrogen-bond donors (Lipinski definition) is 2. The molecular weight excluding hydrogens is 268 g/mol. The van der Waals surface area contributed by atoms with Crippen LogP contribution in [-0.2, 0) is 11.2 Å². The van der Waals surface area contributed by atoms with Gasteiger partial charge in [-0.2, -0.15) is 11.8 Å². The first-order valence-corrected chi connectivity index (χ1v) is 7.98. The fourth-order valence-electron chi connectivity index (χ4n) is 1.98. The van der Waals surface area contributed by atoms with E-state index < -0.39 is 5.97 Å². The van der Waals surface area contributed by atoms with Gasteiger partial charge in [0.2, 0.25) is 0 Å². The van der Waals surface area contributed by atoms with Gasteiger partial charge in [-0.25, -0.2) is 4.98 Å². The number of nitrogens with zero attached hydrogens (tertiary/aromatic N) is 1. The lowest BCUT2D eigenvalue weighted by molar-refractivity contribution is -0.136. The number of aromatic nitrogens is 1. The van der Waals surface area contributed by atoms with Crippen molar-refractivity contribution in [1.29, 1.82) is 0 Å². The molecule has 2 heterocycles. The summed E-state index contributed by atoms with van der Waals surface area (Å²) in [5.74, 6) is 0.479. The summed E-state index contributed by atoms with van der Waals surface area (Å²) in [6, 6.07) is 0. The number of hydrogen-bond acceptors (Lipinski definition) is 5. The third-order valence-electron chi connectivity index (χ3n) is 3.06. The third kappa shape index (κ3) is 3.88. The van der Waals surface area contributed by atoms with Crippen molar-refractivity contribution in [3.8, 4) is 0 Å². The van der Waals surface area contributed by atoms with Crippen molar-refractivity contribution < 1.29 is 9.90 Å². The van der Waals surface area contributed by atoms with E-state index in [1.54, 1.807) is 11.3 Å². The zero-order valence-electron chi connectivity index (χ0n) is 10.4. The molecule has 0 saturated carbocycles. The van der Waals surface area contributed by atoms with Crippen molar-refractivity contribution in [2.24, 2.45) is 0 Å². The first-order valence-electron chi connectivity index (χ1n) is 6.11. The number of rotatable bonds is 6. The van der Waals surface area contributed by atoms with Crippen molar-refractivity contribution in [2.75, 3.05) is 17.6 Å². The first-order chi connectivity index (χ1) is 8.57. The smallest absolute Gasteiger partial charge is 0.303 e. The summed E-state index contributed by atoms with van der Waals surface area (Å²) in [6.45, 7) is 3.22. The summed E-state index contributed by atoms with van der Waals surface area (Å²) in [7, 11) is 0. The molecule has 0 aromatic carbocycles. The summed E-state index contributed by atoms with van der Waals surface area (Å²) in [4.78, 5) is 14.9. The van der Waals surface area contributed by atoms with Gasteiger partial charge in [0, 0.05) is 23.1 Å². The number of thioether (sulfide) groups is 1. The molecule has 0 radical (unpaired) electrons. The van der Waals surface area contributed by atoms with Crippen molar-refractivity contribution in [2.45, 2.75) is 37.4 Å². The lowest BCUT2D eigenvalue weighted by atomic mass is 10.1. The van der Waals surface area contributed by atoms with E-state index >= 15 is 0 Å². The minimum atomic E-state index is -0.771. The van der Waals surface area contributed by atoms with Crippen LogP contribution < -0.4 is 5.32 Å². The molecule has 1 atom stereocenters. The predicted molar refractivity (Wildman–Crippen MR) is 76.7 cm³/mol. The van der Waals surface area contributed by atoms with Gasteiger partial charge in [-0.1, -0.05) is 0 Å². The molecule has 1 aliphatic rings. The first kappa shape index (κ1) is 13.7. The van der Waals surface area contributed by atoms with Gasteiger partial charge in [0.05, 0.1) is 12.1 Å². The van der Waals surface area contributed by atoms with Gasteiger partial charge in [0.1, 0.15) is 0 Å². The Hall–Kier alpha value is -0.750. The molecule has 1 unspecified atom stereocenters. The van der Waals surface area contributed by atoms with Crippen LogP contribution in [0.1, 0.15) is 31.9 Å². The molecule has 0 aliphatic carbocycles. The van der Waals surface area contributed by atoms with E-state index in [2.05, 4.69) is 17.2 Å². The molecule has 0 spiro atoms. The molecule has 2 rings (SSSR count). The maximum Gasteiger partial charge on any atom is 0.303 e. The van der Waals surface area contributed by atoms with E-state index in [0.717, 1.165) is 17.4 Å². The molecule has 100 valence electrons. The number of anilines is 1. The van der Waals surface area contributed by atoms with Crippen molar-refractivity contribution in [3.05, 3.63) is 11.1 Å². The Morgan fingerprint density at radius 3 is 3.17 bits per heavy atom. The third-order valence-corrected chi connectivity index (χ3v) is 5.45. The standard InChI is InChI=1S/C12H18N2O2S2/c1-12(5-2-6-18-12)8-13-11-14-9(7-17-11)3-4-10(15)16/h7H,2-6,8H2,1H3,(H,13,14)(H,15,16). The maximum absolute atomic E-state index is 10.5. The van der Waals surface area contributed by atoms with Crippen LogP contribution in [0.2, 0.25) is 0 Å². The van der Waals surface area contributed by atoms with E-state index in [0.29, 0.717) is 11.2 Å². The monoisotopic (exact) mass is 286 g/mol. The number of nitrogens with one attached hydrogen (secondary N) is 1. The molecule has 4 nitrogen and oxygen atoms in total. The van der Waals surface area contributed by atoms with E-state index in [1.807, 2.05) is 17.1 Å². The second kappa shape index (κ2) is 5.93. The molecule has 6 heteroatoms. The molecular formula is C12H18N2O2S2. The van der Waals surface area contributed by atoms with Gasteiger partial charge in [-0.05, 0) is 25.5 Å². The highest BCUT2D eigenvalue weighted by atomic mass is 32.2. The Morgan fingerprint density at radius 2 is 2.50 bits per heavy atom. The summed E-state index contributed by atoms with van der Waals surface area (Å²) in [5, 5.41) is 14.8. The molecule has 2 N–H and O–H groups in total. The number of carboxylic acid groups (broad SMARTS) is 1. The van der Waals surface area contributed by atoms with Crippen LogP contribution in [0.25, 0.3) is 0 Å². The van der Waals surface area contributed by atoms with Crippen molar-refractivity contribution in [3.63, 3.8) is 0 Å². The lowest BCUT2D eigenvalue weighted by Crippen LogP contribution is -2.26. The summed E-state index contributed by atoms with van der Waals surface area (Å²) >= 11 is 3.58. The number of carbonyl (C=O) groups is 1. The molecule has 1 saturated heterocycles. The summed E-state index contributed by atoms with van der Waals surface area (Å²) < 4.78 is 0.326.